The fraction of sp³-hybridized carbons (Fsp3) is 0.300. The minimum atomic E-state index is -0.156. The molecule has 1 atom stereocenters. The van der Waals surface area contributed by atoms with Crippen LogP contribution in [-0.4, -0.2) is 37.4 Å². The van der Waals surface area contributed by atoms with Gasteiger partial charge in [0.15, 0.2) is 0 Å². The molecule has 138 valence electrons. The van der Waals surface area contributed by atoms with Crippen LogP contribution in [0.25, 0.3) is 0 Å². The summed E-state index contributed by atoms with van der Waals surface area (Å²) in [6.45, 7) is 2.80. The number of carbonyl (C=O) groups excluding carboxylic acids is 2. The van der Waals surface area contributed by atoms with Gasteiger partial charge in [-0.2, -0.15) is 0 Å². The van der Waals surface area contributed by atoms with Gasteiger partial charge < -0.3 is 10.6 Å². The Balaban J connectivity index is 1.87. The standard InChI is InChI=1S/C20H24ClN3O2/c1-14(17-6-4-5-7-18(17)21)23-19(25)13-24(3)12-15-8-10-16(11-9-15)20(26)22-2/h4-11,14H,12-13H2,1-3H3,(H,22,26)(H,23,25). The molecule has 6 heteroatoms. The van der Waals surface area contributed by atoms with Crippen molar-refractivity contribution in [2.75, 3.05) is 20.6 Å². The van der Waals surface area contributed by atoms with E-state index in [9.17, 15) is 9.59 Å². The van der Waals surface area contributed by atoms with Gasteiger partial charge in [0.05, 0.1) is 12.6 Å². The molecule has 2 N–H and O–H groups in total. The average molecular weight is 374 g/mol. The van der Waals surface area contributed by atoms with Crippen LogP contribution in [0.3, 0.4) is 0 Å². The van der Waals surface area contributed by atoms with E-state index in [2.05, 4.69) is 10.6 Å². The normalized spacial score (nSPS) is 11.9. The third kappa shape index (κ3) is 5.58. The van der Waals surface area contributed by atoms with E-state index >= 15 is 0 Å². The number of hydrogen-bond donors (Lipinski definition) is 2. The summed E-state index contributed by atoms with van der Waals surface area (Å²) >= 11 is 6.17. The number of benzene rings is 2. The highest BCUT2D eigenvalue weighted by Gasteiger charge is 2.14. The molecule has 0 aromatic heterocycles. The van der Waals surface area contributed by atoms with Gasteiger partial charge in [0, 0.05) is 24.2 Å². The molecule has 0 fully saturated rings. The topological polar surface area (TPSA) is 61.4 Å². The molecule has 0 aliphatic rings. The number of amides is 2. The van der Waals surface area contributed by atoms with Crippen LogP contribution in [0.1, 0.15) is 34.5 Å². The van der Waals surface area contributed by atoms with E-state index in [-0.39, 0.29) is 24.4 Å². The van der Waals surface area contributed by atoms with E-state index in [1.807, 2.05) is 55.3 Å². The molecule has 0 saturated carbocycles. The molecule has 0 aliphatic heterocycles. The summed E-state index contributed by atoms with van der Waals surface area (Å²) in [5, 5.41) is 6.20. The Bertz CT molecular complexity index is 762. The van der Waals surface area contributed by atoms with E-state index in [0.717, 1.165) is 11.1 Å². The predicted octanol–water partition coefficient (Wildman–Crippen LogP) is 3.01. The van der Waals surface area contributed by atoms with Crippen LogP contribution >= 0.6 is 11.6 Å². The van der Waals surface area contributed by atoms with Crippen LogP contribution in [0.5, 0.6) is 0 Å². The van der Waals surface area contributed by atoms with Gasteiger partial charge in [-0.3, -0.25) is 14.5 Å². The Morgan fingerprint density at radius 1 is 1.12 bits per heavy atom. The van der Waals surface area contributed by atoms with Gasteiger partial charge in [0.25, 0.3) is 5.91 Å². The second-order valence-electron chi connectivity index (χ2n) is 6.26. The SMILES string of the molecule is CNC(=O)c1ccc(CN(C)CC(=O)NC(C)c2ccccc2Cl)cc1. The van der Waals surface area contributed by atoms with E-state index in [1.165, 1.54) is 0 Å². The summed E-state index contributed by atoms with van der Waals surface area (Å²) in [5.74, 6) is -0.181. The van der Waals surface area contributed by atoms with Gasteiger partial charge in [0.2, 0.25) is 5.91 Å². The van der Waals surface area contributed by atoms with E-state index in [0.29, 0.717) is 17.1 Å². The summed E-state index contributed by atoms with van der Waals surface area (Å²) in [4.78, 5) is 25.7. The molecule has 2 rings (SSSR count). The molecule has 26 heavy (non-hydrogen) atoms. The molecule has 2 aromatic carbocycles. The van der Waals surface area contributed by atoms with E-state index in [4.69, 9.17) is 11.6 Å². The summed E-state index contributed by atoms with van der Waals surface area (Å²) in [6.07, 6.45) is 0. The van der Waals surface area contributed by atoms with Crippen molar-refractivity contribution in [2.24, 2.45) is 0 Å². The molecule has 0 radical (unpaired) electrons. The van der Waals surface area contributed by atoms with Crippen molar-refractivity contribution in [3.05, 3.63) is 70.2 Å². The number of carbonyl (C=O) groups is 2. The van der Waals surface area contributed by atoms with Gasteiger partial charge in [-0.05, 0) is 43.3 Å². The lowest BCUT2D eigenvalue weighted by Crippen LogP contribution is -2.36. The second kappa shape index (κ2) is 9.36. The molecule has 2 aromatic rings. The lowest BCUT2D eigenvalue weighted by atomic mass is 10.1. The Morgan fingerprint density at radius 3 is 2.38 bits per heavy atom. The van der Waals surface area contributed by atoms with Crippen molar-refractivity contribution in [2.45, 2.75) is 19.5 Å². The minimum Gasteiger partial charge on any atom is -0.355 e. The largest absolute Gasteiger partial charge is 0.355 e. The molecular formula is C20H24ClN3O2. The number of likely N-dealkylation sites (N-methyl/N-ethyl adjacent to an activating group) is 1. The zero-order chi connectivity index (χ0) is 19.1. The first-order valence-corrected chi connectivity index (χ1v) is 8.82. The summed E-state index contributed by atoms with van der Waals surface area (Å²) in [7, 11) is 3.48. The van der Waals surface area contributed by atoms with Crippen molar-refractivity contribution >= 4 is 23.4 Å². The number of nitrogens with one attached hydrogen (secondary N) is 2. The van der Waals surface area contributed by atoms with Crippen LogP contribution < -0.4 is 10.6 Å². The predicted molar refractivity (Wildman–Crippen MR) is 104 cm³/mol. The fourth-order valence-corrected chi connectivity index (χ4v) is 3.01. The van der Waals surface area contributed by atoms with Crippen molar-refractivity contribution in [3.8, 4) is 0 Å². The first kappa shape index (κ1) is 19.9. The summed E-state index contributed by atoms with van der Waals surface area (Å²) in [5.41, 5.74) is 2.55. The first-order valence-electron chi connectivity index (χ1n) is 8.44. The van der Waals surface area contributed by atoms with E-state index in [1.54, 1.807) is 19.2 Å². The van der Waals surface area contributed by atoms with Gasteiger partial charge in [0.1, 0.15) is 0 Å². The maximum atomic E-state index is 12.3. The van der Waals surface area contributed by atoms with Crippen LogP contribution in [0.2, 0.25) is 5.02 Å². The summed E-state index contributed by atoms with van der Waals surface area (Å²) < 4.78 is 0. The maximum absolute atomic E-state index is 12.3. The van der Waals surface area contributed by atoms with Crippen LogP contribution in [-0.2, 0) is 11.3 Å². The van der Waals surface area contributed by atoms with Gasteiger partial charge in [-0.25, -0.2) is 0 Å². The van der Waals surface area contributed by atoms with Crippen LogP contribution in [0.15, 0.2) is 48.5 Å². The third-order valence-electron chi connectivity index (χ3n) is 4.06. The Labute approximate surface area is 159 Å². The monoisotopic (exact) mass is 373 g/mol. The lowest BCUT2D eigenvalue weighted by Gasteiger charge is -2.20. The van der Waals surface area contributed by atoms with Crippen molar-refractivity contribution in [1.29, 1.82) is 0 Å². The fourth-order valence-electron chi connectivity index (χ4n) is 2.71. The third-order valence-corrected chi connectivity index (χ3v) is 4.40. The van der Waals surface area contributed by atoms with Crippen LogP contribution in [0.4, 0.5) is 0 Å². The number of hydrogen-bond acceptors (Lipinski definition) is 3. The molecule has 2 amide bonds. The smallest absolute Gasteiger partial charge is 0.251 e. The molecule has 0 spiro atoms. The van der Waals surface area contributed by atoms with Gasteiger partial charge in [-0.1, -0.05) is 41.9 Å². The molecule has 1 unspecified atom stereocenters. The quantitative estimate of drug-likeness (QED) is 0.784. The zero-order valence-electron chi connectivity index (χ0n) is 15.3. The molecule has 0 aliphatic carbocycles. The molecule has 0 heterocycles. The molecule has 0 bridgehead atoms. The van der Waals surface area contributed by atoms with Crippen molar-refractivity contribution in [3.63, 3.8) is 0 Å². The average Bonchev–Trinajstić information content (AvgIpc) is 2.61. The first-order chi connectivity index (χ1) is 12.4. The number of halogens is 1. The second-order valence-corrected chi connectivity index (χ2v) is 6.67. The highest BCUT2D eigenvalue weighted by Crippen LogP contribution is 2.22. The zero-order valence-corrected chi connectivity index (χ0v) is 16.0. The van der Waals surface area contributed by atoms with Crippen molar-refractivity contribution < 1.29 is 9.59 Å². The Hall–Kier alpha value is -2.37. The van der Waals surface area contributed by atoms with Gasteiger partial charge >= 0.3 is 0 Å². The lowest BCUT2D eigenvalue weighted by molar-refractivity contribution is -0.122. The number of rotatable bonds is 7. The van der Waals surface area contributed by atoms with E-state index < -0.39 is 0 Å². The van der Waals surface area contributed by atoms with Crippen LogP contribution in [0, 0.1) is 0 Å². The molecule has 0 saturated heterocycles. The number of nitrogens with zero attached hydrogens (tertiary/aromatic N) is 1. The van der Waals surface area contributed by atoms with Gasteiger partial charge in [-0.15, -0.1) is 0 Å². The Morgan fingerprint density at radius 2 is 1.77 bits per heavy atom. The minimum absolute atomic E-state index is 0.0677. The maximum Gasteiger partial charge on any atom is 0.251 e. The highest BCUT2D eigenvalue weighted by molar-refractivity contribution is 6.31. The Kier molecular flexibility index (Phi) is 7.18. The van der Waals surface area contributed by atoms with Crippen molar-refractivity contribution in [1.82, 2.24) is 15.5 Å². The highest BCUT2D eigenvalue weighted by atomic mass is 35.5. The molecule has 5 nitrogen and oxygen atoms in total. The summed E-state index contributed by atoms with van der Waals surface area (Å²) in [6, 6.07) is 14.7. The molecular weight excluding hydrogens is 350 g/mol.